The highest BCUT2D eigenvalue weighted by atomic mass is 35.5. The van der Waals surface area contributed by atoms with Gasteiger partial charge in [0.1, 0.15) is 0 Å². The third-order valence-corrected chi connectivity index (χ3v) is 5.96. The number of halogens is 1. The van der Waals surface area contributed by atoms with Crippen molar-refractivity contribution in [2.24, 2.45) is 11.8 Å². The van der Waals surface area contributed by atoms with E-state index in [2.05, 4.69) is 0 Å². The maximum Gasteiger partial charge on any atom is 0.235 e. The molecule has 1 heterocycles. The smallest absolute Gasteiger partial charge is 0.235 e. The van der Waals surface area contributed by atoms with Crippen LogP contribution >= 0.6 is 23.4 Å². The molecular weight excluding hydrogens is 306 g/mol. The molecule has 5 heteroatoms. The molecule has 2 aliphatic rings. The van der Waals surface area contributed by atoms with E-state index >= 15 is 0 Å². The number of fused-ring (bicyclic) bond motifs is 1. The molecule has 1 saturated carbocycles. The van der Waals surface area contributed by atoms with E-state index in [0.717, 1.165) is 30.8 Å². The Bertz CT molecular complexity index is 522. The topological polar surface area (TPSA) is 40.5 Å². The van der Waals surface area contributed by atoms with Crippen molar-refractivity contribution in [3.63, 3.8) is 0 Å². The number of amides is 1. The molecule has 1 aromatic rings. The minimum absolute atomic E-state index is 0.109. The summed E-state index contributed by atoms with van der Waals surface area (Å²) in [5, 5.41) is 10.5. The van der Waals surface area contributed by atoms with Gasteiger partial charge in [0.2, 0.25) is 5.91 Å². The first kappa shape index (κ1) is 15.2. The summed E-state index contributed by atoms with van der Waals surface area (Å²) in [7, 11) is 0. The van der Waals surface area contributed by atoms with Crippen LogP contribution in [0.4, 0.5) is 0 Å². The zero-order valence-electron chi connectivity index (χ0n) is 12.0. The molecule has 0 radical (unpaired) electrons. The Kier molecular flexibility index (Phi) is 4.48. The van der Waals surface area contributed by atoms with E-state index in [4.69, 9.17) is 11.6 Å². The van der Waals surface area contributed by atoms with Crippen LogP contribution in [0.15, 0.2) is 29.2 Å². The Morgan fingerprint density at radius 1 is 1.33 bits per heavy atom. The van der Waals surface area contributed by atoms with Crippen molar-refractivity contribution in [2.75, 3.05) is 13.1 Å². The number of carbonyl (C=O) groups excluding carboxylic acids is 1. The Balaban J connectivity index is 1.59. The summed E-state index contributed by atoms with van der Waals surface area (Å²) in [6.07, 6.45) is 1.73. The SMILES string of the molecule is CC(Sc1ccc(Cl)cc1)C(=O)N1CC2CCC(O)C2C1. The minimum Gasteiger partial charge on any atom is -0.393 e. The molecule has 2 fully saturated rings. The van der Waals surface area contributed by atoms with Crippen molar-refractivity contribution in [1.29, 1.82) is 0 Å². The number of benzene rings is 1. The molecule has 0 aromatic heterocycles. The van der Waals surface area contributed by atoms with Gasteiger partial charge >= 0.3 is 0 Å². The molecule has 0 spiro atoms. The summed E-state index contributed by atoms with van der Waals surface area (Å²) < 4.78 is 0. The molecule has 1 aliphatic heterocycles. The summed E-state index contributed by atoms with van der Waals surface area (Å²) in [5.41, 5.74) is 0. The van der Waals surface area contributed by atoms with E-state index < -0.39 is 0 Å². The number of aliphatic hydroxyl groups is 1. The van der Waals surface area contributed by atoms with Gasteiger partial charge in [0.25, 0.3) is 0 Å². The second kappa shape index (κ2) is 6.19. The fraction of sp³-hybridized carbons (Fsp3) is 0.562. The number of thioether (sulfide) groups is 1. The zero-order chi connectivity index (χ0) is 15.0. The fourth-order valence-corrected chi connectivity index (χ4v) is 4.52. The van der Waals surface area contributed by atoms with Crippen LogP contribution in [-0.4, -0.2) is 40.4 Å². The molecule has 4 unspecified atom stereocenters. The van der Waals surface area contributed by atoms with Crippen molar-refractivity contribution in [1.82, 2.24) is 4.90 Å². The Morgan fingerprint density at radius 2 is 2.05 bits per heavy atom. The molecule has 21 heavy (non-hydrogen) atoms. The van der Waals surface area contributed by atoms with Gasteiger partial charge in [-0.2, -0.15) is 0 Å². The summed E-state index contributed by atoms with van der Waals surface area (Å²) in [5.74, 6) is 0.968. The Morgan fingerprint density at radius 3 is 2.71 bits per heavy atom. The maximum absolute atomic E-state index is 12.6. The van der Waals surface area contributed by atoms with Crippen LogP contribution in [0.25, 0.3) is 0 Å². The van der Waals surface area contributed by atoms with E-state index in [0.29, 0.717) is 16.9 Å². The molecule has 1 N–H and O–H groups in total. The molecule has 3 rings (SSSR count). The van der Waals surface area contributed by atoms with E-state index in [-0.39, 0.29) is 17.3 Å². The number of rotatable bonds is 3. The first-order valence-electron chi connectivity index (χ1n) is 7.43. The summed E-state index contributed by atoms with van der Waals surface area (Å²) in [4.78, 5) is 15.5. The fourth-order valence-electron chi connectivity index (χ4n) is 3.44. The third-order valence-electron chi connectivity index (χ3n) is 4.60. The second-order valence-electron chi connectivity index (χ2n) is 6.03. The van der Waals surface area contributed by atoms with Gasteiger partial charge in [0.15, 0.2) is 0 Å². The molecular formula is C16H20ClNO2S. The average Bonchev–Trinajstić information content (AvgIpc) is 3.03. The number of nitrogens with zero attached hydrogens (tertiary/aromatic N) is 1. The number of aliphatic hydroxyl groups excluding tert-OH is 1. The first-order valence-corrected chi connectivity index (χ1v) is 8.69. The number of hydrogen-bond acceptors (Lipinski definition) is 3. The predicted octanol–water partition coefficient (Wildman–Crippen LogP) is 3.05. The van der Waals surface area contributed by atoms with Gasteiger partial charge in [-0.25, -0.2) is 0 Å². The zero-order valence-corrected chi connectivity index (χ0v) is 13.6. The highest BCUT2D eigenvalue weighted by Gasteiger charge is 2.43. The summed E-state index contributed by atoms with van der Waals surface area (Å²) >= 11 is 7.44. The van der Waals surface area contributed by atoms with Gasteiger partial charge in [-0.15, -0.1) is 11.8 Å². The van der Waals surface area contributed by atoms with Crippen LogP contribution in [0.1, 0.15) is 19.8 Å². The average molecular weight is 326 g/mol. The van der Waals surface area contributed by atoms with Crippen LogP contribution in [0.5, 0.6) is 0 Å². The highest BCUT2D eigenvalue weighted by Crippen LogP contribution is 2.39. The maximum atomic E-state index is 12.6. The Labute approximate surface area is 134 Å². The van der Waals surface area contributed by atoms with E-state index in [1.807, 2.05) is 36.1 Å². The van der Waals surface area contributed by atoms with Crippen LogP contribution in [0, 0.1) is 11.8 Å². The molecule has 3 nitrogen and oxygen atoms in total. The van der Waals surface area contributed by atoms with E-state index in [1.54, 1.807) is 11.8 Å². The lowest BCUT2D eigenvalue weighted by Crippen LogP contribution is -2.36. The molecule has 1 saturated heterocycles. The molecule has 1 aromatic carbocycles. The van der Waals surface area contributed by atoms with Crippen molar-refractivity contribution in [3.8, 4) is 0 Å². The molecule has 4 atom stereocenters. The van der Waals surface area contributed by atoms with Crippen LogP contribution in [0.3, 0.4) is 0 Å². The molecule has 114 valence electrons. The van der Waals surface area contributed by atoms with Crippen LogP contribution in [0.2, 0.25) is 5.02 Å². The molecule has 0 bridgehead atoms. The third kappa shape index (κ3) is 3.22. The van der Waals surface area contributed by atoms with Crippen molar-refractivity contribution in [3.05, 3.63) is 29.3 Å². The largest absolute Gasteiger partial charge is 0.393 e. The van der Waals surface area contributed by atoms with Gasteiger partial charge in [0.05, 0.1) is 11.4 Å². The molecule has 1 aliphatic carbocycles. The van der Waals surface area contributed by atoms with Gasteiger partial charge in [0, 0.05) is 28.9 Å². The van der Waals surface area contributed by atoms with Crippen LogP contribution in [-0.2, 0) is 4.79 Å². The highest BCUT2D eigenvalue weighted by molar-refractivity contribution is 8.00. The second-order valence-corrected chi connectivity index (χ2v) is 7.88. The predicted molar refractivity (Wildman–Crippen MR) is 85.6 cm³/mol. The lowest BCUT2D eigenvalue weighted by Gasteiger charge is -2.22. The number of hydrogen-bond donors (Lipinski definition) is 1. The first-order chi connectivity index (χ1) is 10.0. The summed E-state index contributed by atoms with van der Waals surface area (Å²) in [6.45, 7) is 3.48. The lowest BCUT2D eigenvalue weighted by molar-refractivity contribution is -0.129. The summed E-state index contributed by atoms with van der Waals surface area (Å²) in [6, 6.07) is 7.58. The van der Waals surface area contributed by atoms with E-state index in [9.17, 15) is 9.90 Å². The molecule has 1 amide bonds. The Hall–Kier alpha value is -0.710. The standard InChI is InChI=1S/C16H20ClNO2S/c1-10(21-13-5-3-12(17)4-6-13)16(20)18-8-11-2-7-15(19)14(11)9-18/h3-6,10-11,14-15,19H,2,7-9H2,1H3. The monoisotopic (exact) mass is 325 g/mol. The number of likely N-dealkylation sites (tertiary alicyclic amines) is 1. The van der Waals surface area contributed by atoms with Crippen molar-refractivity contribution >= 4 is 29.3 Å². The van der Waals surface area contributed by atoms with Crippen LogP contribution < -0.4 is 0 Å². The van der Waals surface area contributed by atoms with Crippen molar-refractivity contribution < 1.29 is 9.90 Å². The van der Waals surface area contributed by atoms with Gasteiger partial charge in [-0.1, -0.05) is 11.6 Å². The quantitative estimate of drug-likeness (QED) is 0.868. The van der Waals surface area contributed by atoms with Crippen molar-refractivity contribution in [2.45, 2.75) is 36.0 Å². The lowest BCUT2D eigenvalue weighted by atomic mass is 10.00. The van der Waals surface area contributed by atoms with Gasteiger partial charge in [-0.05, 0) is 49.9 Å². The van der Waals surface area contributed by atoms with E-state index in [1.165, 1.54) is 0 Å². The minimum atomic E-state index is -0.216. The van der Waals surface area contributed by atoms with Gasteiger partial charge < -0.3 is 10.0 Å². The van der Waals surface area contributed by atoms with Gasteiger partial charge in [-0.3, -0.25) is 4.79 Å². The normalized spacial score (nSPS) is 29.5. The number of carbonyl (C=O) groups is 1.